The largest absolute Gasteiger partial charge is 0.461 e. The highest BCUT2D eigenvalue weighted by molar-refractivity contribution is 6.29. The lowest BCUT2D eigenvalue weighted by Crippen LogP contribution is -2.05. The number of fused-ring (bicyclic) bond motifs is 1. The third-order valence-electron chi connectivity index (χ3n) is 2.00. The number of aryl methyl sites for hydroxylation is 1. The summed E-state index contributed by atoms with van der Waals surface area (Å²) in [5.74, 6) is -0.471. The Bertz CT molecular complexity index is 550. The van der Waals surface area contributed by atoms with Gasteiger partial charge in [0, 0.05) is 11.8 Å². The summed E-state index contributed by atoms with van der Waals surface area (Å²) in [6, 6.07) is 3.23. The smallest absolute Gasteiger partial charge is 0.358 e. The molecule has 0 fully saturated rings. The Morgan fingerprint density at radius 3 is 3.00 bits per heavy atom. The Morgan fingerprint density at radius 2 is 2.31 bits per heavy atom. The Morgan fingerprint density at radius 1 is 1.56 bits per heavy atom. The van der Waals surface area contributed by atoms with Crippen LogP contribution in [0.5, 0.6) is 0 Å². The molecule has 5 nitrogen and oxygen atoms in total. The molecule has 0 N–H and O–H groups in total. The molecular weight excluding hydrogens is 230 g/mol. The van der Waals surface area contributed by atoms with Gasteiger partial charge >= 0.3 is 5.97 Å². The SMILES string of the molecule is CCOC(=O)c1cc2nc(C)cc(Cl)n2n1. The van der Waals surface area contributed by atoms with Crippen molar-refractivity contribution in [2.24, 2.45) is 0 Å². The number of aromatic nitrogens is 3. The van der Waals surface area contributed by atoms with E-state index in [2.05, 4.69) is 10.1 Å². The van der Waals surface area contributed by atoms with Crippen LogP contribution in [-0.2, 0) is 4.74 Å². The monoisotopic (exact) mass is 239 g/mol. The van der Waals surface area contributed by atoms with Gasteiger partial charge in [0.05, 0.1) is 6.61 Å². The molecule has 2 rings (SSSR count). The molecule has 0 bridgehead atoms. The molecule has 2 aromatic heterocycles. The number of hydrogen-bond acceptors (Lipinski definition) is 4. The predicted octanol–water partition coefficient (Wildman–Crippen LogP) is 1.87. The number of nitrogens with zero attached hydrogens (tertiary/aromatic N) is 3. The number of carbonyl (C=O) groups is 1. The molecule has 0 aliphatic rings. The minimum atomic E-state index is -0.471. The zero-order valence-electron chi connectivity index (χ0n) is 8.90. The van der Waals surface area contributed by atoms with Gasteiger partial charge in [-0.2, -0.15) is 5.10 Å². The maximum Gasteiger partial charge on any atom is 0.358 e. The lowest BCUT2D eigenvalue weighted by atomic mass is 10.4. The van der Waals surface area contributed by atoms with Gasteiger partial charge in [0.2, 0.25) is 0 Å². The number of hydrogen-bond donors (Lipinski definition) is 0. The Kier molecular flexibility index (Phi) is 2.78. The van der Waals surface area contributed by atoms with E-state index in [0.717, 1.165) is 5.69 Å². The molecule has 84 valence electrons. The Labute approximate surface area is 97.0 Å². The van der Waals surface area contributed by atoms with E-state index in [-0.39, 0.29) is 5.69 Å². The predicted molar refractivity (Wildman–Crippen MR) is 58.7 cm³/mol. The van der Waals surface area contributed by atoms with E-state index in [4.69, 9.17) is 16.3 Å². The lowest BCUT2D eigenvalue weighted by Gasteiger charge is -1.97. The van der Waals surface area contributed by atoms with E-state index in [9.17, 15) is 4.79 Å². The topological polar surface area (TPSA) is 56.5 Å². The number of carbonyl (C=O) groups excluding carboxylic acids is 1. The minimum Gasteiger partial charge on any atom is -0.461 e. The summed E-state index contributed by atoms with van der Waals surface area (Å²) in [5, 5.41) is 4.43. The van der Waals surface area contributed by atoms with Crippen molar-refractivity contribution in [3.8, 4) is 0 Å². The van der Waals surface area contributed by atoms with Gasteiger partial charge in [-0.25, -0.2) is 14.3 Å². The Balaban J connectivity index is 2.51. The van der Waals surface area contributed by atoms with Gasteiger partial charge in [0.15, 0.2) is 11.3 Å². The summed E-state index contributed by atoms with van der Waals surface area (Å²) in [6.07, 6.45) is 0. The first kappa shape index (κ1) is 10.9. The summed E-state index contributed by atoms with van der Waals surface area (Å²) in [7, 11) is 0. The summed E-state index contributed by atoms with van der Waals surface area (Å²) >= 11 is 5.97. The van der Waals surface area contributed by atoms with E-state index in [1.54, 1.807) is 19.1 Å². The zero-order chi connectivity index (χ0) is 11.7. The molecule has 0 amide bonds. The molecule has 0 atom stereocenters. The Hall–Kier alpha value is -1.62. The summed E-state index contributed by atoms with van der Waals surface area (Å²) < 4.78 is 6.25. The van der Waals surface area contributed by atoms with Gasteiger partial charge in [-0.05, 0) is 19.9 Å². The standard InChI is InChI=1S/C10H10ClN3O2/c1-3-16-10(15)7-5-9-12-6(2)4-8(11)14(9)13-7/h4-5H,3H2,1-2H3. The first-order chi connectivity index (χ1) is 7.61. The average molecular weight is 240 g/mol. The zero-order valence-corrected chi connectivity index (χ0v) is 9.65. The molecule has 2 aromatic rings. The molecule has 0 radical (unpaired) electrons. The lowest BCUT2D eigenvalue weighted by molar-refractivity contribution is 0.0519. The maximum atomic E-state index is 11.4. The van der Waals surface area contributed by atoms with Crippen LogP contribution in [0.4, 0.5) is 0 Å². The van der Waals surface area contributed by atoms with Gasteiger partial charge in [0.1, 0.15) is 5.15 Å². The molecule has 16 heavy (non-hydrogen) atoms. The fourth-order valence-electron chi connectivity index (χ4n) is 1.36. The van der Waals surface area contributed by atoms with E-state index >= 15 is 0 Å². The van der Waals surface area contributed by atoms with Crippen LogP contribution < -0.4 is 0 Å². The van der Waals surface area contributed by atoms with E-state index in [1.165, 1.54) is 4.52 Å². The molecule has 0 saturated carbocycles. The molecule has 0 aromatic carbocycles. The van der Waals surface area contributed by atoms with Crippen molar-refractivity contribution in [2.75, 3.05) is 6.61 Å². The number of halogens is 1. The van der Waals surface area contributed by atoms with Crippen LogP contribution in [-0.4, -0.2) is 27.2 Å². The summed E-state index contributed by atoms with van der Waals surface area (Å²) in [6.45, 7) is 3.87. The molecule has 0 saturated heterocycles. The first-order valence-corrected chi connectivity index (χ1v) is 5.19. The third kappa shape index (κ3) is 1.86. The van der Waals surface area contributed by atoms with Crippen LogP contribution in [0.1, 0.15) is 23.1 Å². The van der Waals surface area contributed by atoms with Crippen molar-refractivity contribution >= 4 is 23.2 Å². The maximum absolute atomic E-state index is 11.4. The highest BCUT2D eigenvalue weighted by atomic mass is 35.5. The van der Waals surface area contributed by atoms with Crippen molar-refractivity contribution in [2.45, 2.75) is 13.8 Å². The normalized spacial score (nSPS) is 10.7. The van der Waals surface area contributed by atoms with Gasteiger partial charge in [0.25, 0.3) is 0 Å². The van der Waals surface area contributed by atoms with Gasteiger partial charge < -0.3 is 4.74 Å². The molecular formula is C10H10ClN3O2. The van der Waals surface area contributed by atoms with Crippen LogP contribution in [0.2, 0.25) is 5.15 Å². The van der Waals surface area contributed by atoms with Crippen LogP contribution in [0.25, 0.3) is 5.65 Å². The average Bonchev–Trinajstić information content (AvgIpc) is 2.62. The second kappa shape index (κ2) is 4.09. The van der Waals surface area contributed by atoms with Crippen LogP contribution in [0.3, 0.4) is 0 Å². The highest BCUT2D eigenvalue weighted by Crippen LogP contribution is 2.14. The van der Waals surface area contributed by atoms with Gasteiger partial charge in [-0.3, -0.25) is 0 Å². The second-order valence-corrected chi connectivity index (χ2v) is 3.63. The van der Waals surface area contributed by atoms with Crippen LogP contribution in [0, 0.1) is 6.92 Å². The van der Waals surface area contributed by atoms with Crippen LogP contribution >= 0.6 is 11.6 Å². The molecule has 0 aliphatic carbocycles. The van der Waals surface area contributed by atoms with E-state index < -0.39 is 5.97 Å². The number of ether oxygens (including phenoxy) is 1. The quantitative estimate of drug-likeness (QED) is 0.593. The molecule has 0 unspecified atom stereocenters. The van der Waals surface area contributed by atoms with Gasteiger partial charge in [-0.15, -0.1) is 0 Å². The van der Waals surface area contributed by atoms with Crippen molar-refractivity contribution in [3.05, 3.63) is 28.7 Å². The first-order valence-electron chi connectivity index (χ1n) is 4.82. The minimum absolute atomic E-state index is 0.210. The van der Waals surface area contributed by atoms with Crippen molar-refractivity contribution in [1.82, 2.24) is 14.6 Å². The molecule has 2 heterocycles. The van der Waals surface area contributed by atoms with E-state index in [1.807, 2.05) is 6.92 Å². The highest BCUT2D eigenvalue weighted by Gasteiger charge is 2.13. The fraction of sp³-hybridized carbons (Fsp3) is 0.300. The summed E-state index contributed by atoms with van der Waals surface area (Å²) in [5.41, 5.74) is 1.52. The molecule has 0 spiro atoms. The fourth-order valence-corrected chi connectivity index (χ4v) is 1.64. The van der Waals surface area contributed by atoms with Crippen molar-refractivity contribution in [1.29, 1.82) is 0 Å². The second-order valence-electron chi connectivity index (χ2n) is 3.24. The molecule has 0 aliphatic heterocycles. The van der Waals surface area contributed by atoms with Gasteiger partial charge in [-0.1, -0.05) is 11.6 Å². The number of esters is 1. The third-order valence-corrected chi connectivity index (χ3v) is 2.27. The number of rotatable bonds is 2. The van der Waals surface area contributed by atoms with Crippen molar-refractivity contribution in [3.63, 3.8) is 0 Å². The van der Waals surface area contributed by atoms with Crippen molar-refractivity contribution < 1.29 is 9.53 Å². The molecule has 6 heteroatoms. The van der Waals surface area contributed by atoms with E-state index in [0.29, 0.717) is 17.4 Å². The summed E-state index contributed by atoms with van der Waals surface area (Å²) in [4.78, 5) is 15.6. The van der Waals surface area contributed by atoms with Crippen LogP contribution in [0.15, 0.2) is 12.1 Å².